The summed E-state index contributed by atoms with van der Waals surface area (Å²) in [5, 5.41) is 0. The molecule has 0 aliphatic rings. The summed E-state index contributed by atoms with van der Waals surface area (Å²) in [6, 6.07) is 4.76. The lowest BCUT2D eigenvalue weighted by atomic mass is 10.0. The molecule has 2 nitrogen and oxygen atoms in total. The number of nitrogens with zero attached hydrogens (tertiary/aromatic N) is 2. The van der Waals surface area contributed by atoms with Crippen LogP contribution >= 0.6 is 0 Å². The molecular formula is C11H20N2. The summed E-state index contributed by atoms with van der Waals surface area (Å²) < 4.78 is 2.30. The Morgan fingerprint density at radius 1 is 1.15 bits per heavy atom. The molecule has 74 valence electrons. The number of rotatable bonds is 4. The van der Waals surface area contributed by atoms with Crippen LogP contribution < -0.4 is 0 Å². The maximum Gasteiger partial charge on any atom is 0.0480 e. The van der Waals surface area contributed by atoms with Crippen molar-refractivity contribution in [3.63, 3.8) is 0 Å². The third kappa shape index (κ3) is 2.88. The number of hydrogen-bond acceptors (Lipinski definition) is 1. The van der Waals surface area contributed by atoms with Crippen LogP contribution in [0.2, 0.25) is 0 Å². The summed E-state index contributed by atoms with van der Waals surface area (Å²) in [5.41, 5.74) is 0. The fourth-order valence-corrected chi connectivity index (χ4v) is 1.59. The molecule has 1 aromatic heterocycles. The van der Waals surface area contributed by atoms with Crippen molar-refractivity contribution in [3.8, 4) is 0 Å². The summed E-state index contributed by atoms with van der Waals surface area (Å²) in [6.07, 6.45) is 4.29. The van der Waals surface area contributed by atoms with Gasteiger partial charge in [0, 0.05) is 25.0 Å². The molecule has 1 rings (SSSR count). The largest absolute Gasteiger partial charge is 0.350 e. The van der Waals surface area contributed by atoms with Crippen LogP contribution in [0.1, 0.15) is 19.9 Å². The van der Waals surface area contributed by atoms with Crippen molar-refractivity contribution in [3.05, 3.63) is 24.5 Å². The van der Waals surface area contributed by atoms with E-state index in [2.05, 4.69) is 61.9 Å². The molecule has 0 N–H and O–H groups in total. The van der Waals surface area contributed by atoms with Gasteiger partial charge in [-0.15, -0.1) is 0 Å². The molecule has 1 unspecified atom stereocenters. The standard InChI is InChI=1S/C11H20N2/c1-10(2)11(9-12(3)4)13-7-5-6-8-13/h5-8,10-11H,9H2,1-4H3. The first-order valence-corrected chi connectivity index (χ1v) is 4.88. The van der Waals surface area contributed by atoms with Crippen molar-refractivity contribution in [2.45, 2.75) is 19.9 Å². The van der Waals surface area contributed by atoms with Gasteiger partial charge in [0.25, 0.3) is 0 Å². The van der Waals surface area contributed by atoms with Gasteiger partial charge in [0.1, 0.15) is 0 Å². The molecule has 0 saturated carbocycles. The van der Waals surface area contributed by atoms with Gasteiger partial charge in [0.05, 0.1) is 0 Å². The van der Waals surface area contributed by atoms with Gasteiger partial charge in [-0.05, 0) is 32.1 Å². The Kier molecular flexibility index (Phi) is 3.55. The highest BCUT2D eigenvalue weighted by Gasteiger charge is 2.14. The minimum absolute atomic E-state index is 0.588. The van der Waals surface area contributed by atoms with Crippen LogP contribution in [0.5, 0.6) is 0 Å². The third-order valence-electron chi connectivity index (χ3n) is 2.33. The molecule has 0 amide bonds. The van der Waals surface area contributed by atoms with Crippen LogP contribution in [0.15, 0.2) is 24.5 Å². The number of aromatic nitrogens is 1. The van der Waals surface area contributed by atoms with Crippen LogP contribution in [0.25, 0.3) is 0 Å². The van der Waals surface area contributed by atoms with E-state index in [1.165, 1.54) is 0 Å². The van der Waals surface area contributed by atoms with E-state index in [-0.39, 0.29) is 0 Å². The van der Waals surface area contributed by atoms with Crippen LogP contribution in [-0.4, -0.2) is 30.1 Å². The normalized spacial score (nSPS) is 14.0. The van der Waals surface area contributed by atoms with Crippen molar-refractivity contribution in [2.24, 2.45) is 5.92 Å². The molecule has 0 aromatic carbocycles. The molecule has 0 aliphatic carbocycles. The van der Waals surface area contributed by atoms with E-state index in [1.54, 1.807) is 0 Å². The minimum Gasteiger partial charge on any atom is -0.350 e. The number of likely N-dealkylation sites (N-methyl/N-ethyl adjacent to an activating group) is 1. The second-order valence-corrected chi connectivity index (χ2v) is 4.20. The zero-order valence-electron chi connectivity index (χ0n) is 9.07. The zero-order valence-corrected chi connectivity index (χ0v) is 9.07. The van der Waals surface area contributed by atoms with E-state index < -0.39 is 0 Å². The Morgan fingerprint density at radius 3 is 2.08 bits per heavy atom. The second kappa shape index (κ2) is 4.47. The second-order valence-electron chi connectivity index (χ2n) is 4.20. The Balaban J connectivity index is 2.69. The Bertz CT molecular complexity index is 224. The predicted octanol–water partition coefficient (Wildman–Crippen LogP) is 2.25. The van der Waals surface area contributed by atoms with Crippen LogP contribution in [0.3, 0.4) is 0 Å². The van der Waals surface area contributed by atoms with Crippen molar-refractivity contribution in [2.75, 3.05) is 20.6 Å². The van der Waals surface area contributed by atoms with E-state index in [9.17, 15) is 0 Å². The molecule has 0 saturated heterocycles. The topological polar surface area (TPSA) is 8.17 Å². The van der Waals surface area contributed by atoms with Gasteiger partial charge in [-0.3, -0.25) is 0 Å². The van der Waals surface area contributed by atoms with Gasteiger partial charge in [0.15, 0.2) is 0 Å². The monoisotopic (exact) mass is 180 g/mol. The van der Waals surface area contributed by atoms with Crippen LogP contribution in [0.4, 0.5) is 0 Å². The van der Waals surface area contributed by atoms with Crippen LogP contribution in [0, 0.1) is 5.92 Å². The van der Waals surface area contributed by atoms with E-state index in [0.29, 0.717) is 12.0 Å². The Labute approximate surface area is 81.2 Å². The van der Waals surface area contributed by atoms with Crippen molar-refractivity contribution in [1.29, 1.82) is 0 Å². The van der Waals surface area contributed by atoms with Gasteiger partial charge in [-0.25, -0.2) is 0 Å². The molecule has 1 heterocycles. The Morgan fingerprint density at radius 2 is 1.69 bits per heavy atom. The van der Waals surface area contributed by atoms with Crippen molar-refractivity contribution in [1.82, 2.24) is 9.47 Å². The highest BCUT2D eigenvalue weighted by molar-refractivity contribution is 4.94. The van der Waals surface area contributed by atoms with E-state index in [4.69, 9.17) is 0 Å². The summed E-state index contributed by atoms with van der Waals surface area (Å²) in [4.78, 5) is 2.24. The number of hydrogen-bond donors (Lipinski definition) is 0. The lowest BCUT2D eigenvalue weighted by Crippen LogP contribution is -2.27. The fraction of sp³-hybridized carbons (Fsp3) is 0.636. The van der Waals surface area contributed by atoms with Gasteiger partial charge in [-0.2, -0.15) is 0 Å². The molecule has 1 aromatic rings. The zero-order chi connectivity index (χ0) is 9.84. The van der Waals surface area contributed by atoms with Gasteiger partial charge < -0.3 is 9.47 Å². The van der Waals surface area contributed by atoms with E-state index in [0.717, 1.165) is 6.54 Å². The molecule has 0 bridgehead atoms. The molecule has 0 radical (unpaired) electrons. The average molecular weight is 180 g/mol. The Hall–Kier alpha value is -0.760. The first kappa shape index (κ1) is 10.3. The average Bonchev–Trinajstić information content (AvgIpc) is 2.50. The SMILES string of the molecule is CC(C)C(CN(C)C)n1cccc1. The predicted molar refractivity (Wildman–Crippen MR) is 56.9 cm³/mol. The quantitative estimate of drug-likeness (QED) is 0.690. The molecule has 2 heteroatoms. The maximum absolute atomic E-state index is 2.30. The van der Waals surface area contributed by atoms with E-state index in [1.807, 2.05) is 0 Å². The lowest BCUT2D eigenvalue weighted by Gasteiger charge is -2.26. The highest BCUT2D eigenvalue weighted by Crippen LogP contribution is 2.18. The fourth-order valence-electron chi connectivity index (χ4n) is 1.59. The summed E-state index contributed by atoms with van der Waals surface area (Å²) in [5.74, 6) is 0.676. The van der Waals surface area contributed by atoms with Crippen molar-refractivity contribution < 1.29 is 0 Å². The van der Waals surface area contributed by atoms with Crippen molar-refractivity contribution >= 4 is 0 Å². The molecule has 13 heavy (non-hydrogen) atoms. The highest BCUT2D eigenvalue weighted by atomic mass is 15.1. The summed E-state index contributed by atoms with van der Waals surface area (Å²) in [7, 11) is 4.25. The smallest absolute Gasteiger partial charge is 0.0480 e. The molecule has 1 atom stereocenters. The van der Waals surface area contributed by atoms with Gasteiger partial charge >= 0.3 is 0 Å². The lowest BCUT2D eigenvalue weighted by molar-refractivity contribution is 0.269. The molecule has 0 spiro atoms. The maximum atomic E-state index is 2.30. The van der Waals surface area contributed by atoms with E-state index >= 15 is 0 Å². The van der Waals surface area contributed by atoms with Gasteiger partial charge in [0.2, 0.25) is 0 Å². The minimum atomic E-state index is 0.588. The summed E-state index contributed by atoms with van der Waals surface area (Å²) in [6.45, 7) is 5.65. The molecule has 0 fully saturated rings. The third-order valence-corrected chi connectivity index (χ3v) is 2.33. The first-order chi connectivity index (χ1) is 6.11. The first-order valence-electron chi connectivity index (χ1n) is 4.88. The van der Waals surface area contributed by atoms with Gasteiger partial charge in [-0.1, -0.05) is 13.8 Å². The van der Waals surface area contributed by atoms with Crippen LogP contribution in [-0.2, 0) is 0 Å². The molecular weight excluding hydrogens is 160 g/mol. The molecule has 0 aliphatic heterocycles. The summed E-state index contributed by atoms with van der Waals surface area (Å²) >= 11 is 0.